The Balaban J connectivity index is 2.00. The van der Waals surface area contributed by atoms with Crippen LogP contribution in [0.3, 0.4) is 0 Å². The van der Waals surface area contributed by atoms with E-state index >= 15 is 0 Å². The first kappa shape index (κ1) is 15.6. The van der Waals surface area contributed by atoms with E-state index in [2.05, 4.69) is 24.2 Å². The van der Waals surface area contributed by atoms with Gasteiger partial charge in [0.25, 0.3) is 5.91 Å². The molecule has 5 nitrogen and oxygen atoms in total. The molecule has 0 unspecified atom stereocenters. The number of amides is 1. The number of methoxy groups -OCH3 is 1. The molecule has 1 aromatic carbocycles. The van der Waals surface area contributed by atoms with Gasteiger partial charge in [-0.2, -0.15) is 0 Å². The molecule has 0 spiro atoms. The highest BCUT2D eigenvalue weighted by molar-refractivity contribution is 5.97. The Morgan fingerprint density at radius 2 is 2.10 bits per heavy atom. The fourth-order valence-corrected chi connectivity index (χ4v) is 2.63. The normalized spacial score (nSPS) is 18.2. The first-order valence-electron chi connectivity index (χ1n) is 7.34. The van der Waals surface area contributed by atoms with Gasteiger partial charge in [0, 0.05) is 12.2 Å². The third kappa shape index (κ3) is 3.88. The molecule has 0 aromatic heterocycles. The van der Waals surface area contributed by atoms with Gasteiger partial charge in [0.05, 0.1) is 12.7 Å². The molecule has 1 heterocycles. The Morgan fingerprint density at radius 1 is 1.43 bits per heavy atom. The Morgan fingerprint density at radius 3 is 2.71 bits per heavy atom. The summed E-state index contributed by atoms with van der Waals surface area (Å²) in [5.74, 6) is 0.425. The molecule has 0 bridgehead atoms. The Labute approximate surface area is 126 Å². The number of piperidine rings is 1. The van der Waals surface area contributed by atoms with E-state index in [0.29, 0.717) is 23.5 Å². The Kier molecular flexibility index (Phi) is 4.73. The van der Waals surface area contributed by atoms with Crippen molar-refractivity contribution in [3.63, 3.8) is 0 Å². The van der Waals surface area contributed by atoms with Crippen LogP contribution in [0.25, 0.3) is 0 Å². The number of benzene rings is 1. The van der Waals surface area contributed by atoms with Crippen molar-refractivity contribution >= 4 is 11.6 Å². The number of anilines is 1. The van der Waals surface area contributed by atoms with E-state index in [1.807, 2.05) is 0 Å². The molecule has 1 aromatic rings. The minimum atomic E-state index is -0.126. The van der Waals surface area contributed by atoms with Gasteiger partial charge >= 0.3 is 0 Å². The summed E-state index contributed by atoms with van der Waals surface area (Å²) in [6.07, 6.45) is 2.19. The van der Waals surface area contributed by atoms with Crippen LogP contribution in [0.2, 0.25) is 0 Å². The molecule has 5 heteroatoms. The van der Waals surface area contributed by atoms with E-state index in [4.69, 9.17) is 10.5 Å². The van der Waals surface area contributed by atoms with Crippen molar-refractivity contribution in [1.29, 1.82) is 0 Å². The Bertz CT molecular complexity index is 508. The maximum Gasteiger partial charge on any atom is 0.255 e. The molecule has 0 radical (unpaired) electrons. The second-order valence-electron chi connectivity index (χ2n) is 6.26. The van der Waals surface area contributed by atoms with Gasteiger partial charge in [-0.25, -0.2) is 0 Å². The van der Waals surface area contributed by atoms with Crippen molar-refractivity contribution in [3.05, 3.63) is 23.8 Å². The molecular formula is C16H25N3O2. The highest BCUT2D eigenvalue weighted by Crippen LogP contribution is 2.29. The predicted molar refractivity (Wildman–Crippen MR) is 84.6 cm³/mol. The van der Waals surface area contributed by atoms with Gasteiger partial charge in [-0.15, -0.1) is 0 Å². The monoisotopic (exact) mass is 291 g/mol. The zero-order valence-corrected chi connectivity index (χ0v) is 13.1. The third-order valence-electron chi connectivity index (χ3n) is 4.34. The van der Waals surface area contributed by atoms with Crippen molar-refractivity contribution in [1.82, 2.24) is 10.2 Å². The van der Waals surface area contributed by atoms with Crippen LogP contribution in [-0.2, 0) is 0 Å². The molecule has 21 heavy (non-hydrogen) atoms. The summed E-state index contributed by atoms with van der Waals surface area (Å²) in [7, 11) is 3.69. The van der Waals surface area contributed by atoms with Crippen LogP contribution in [-0.4, -0.2) is 44.6 Å². The maximum absolute atomic E-state index is 12.4. The lowest BCUT2D eigenvalue weighted by Crippen LogP contribution is -2.43. The standard InChI is InChI=1S/C16H25N3O2/c1-16(6-8-19(2)9-7-16)11-18-15(20)13-10-12(17)4-5-14(13)21-3/h4-5,10H,6-9,11,17H2,1-3H3,(H,18,20). The topological polar surface area (TPSA) is 67.6 Å². The SMILES string of the molecule is COc1ccc(N)cc1C(=O)NCC1(C)CCN(C)CC1. The van der Waals surface area contributed by atoms with Gasteiger partial charge in [-0.05, 0) is 56.6 Å². The molecule has 1 fully saturated rings. The van der Waals surface area contributed by atoms with Crippen molar-refractivity contribution in [2.24, 2.45) is 5.41 Å². The maximum atomic E-state index is 12.4. The number of nitrogen functional groups attached to an aromatic ring is 1. The van der Waals surface area contributed by atoms with Gasteiger partial charge in [0.1, 0.15) is 5.75 Å². The van der Waals surface area contributed by atoms with E-state index in [9.17, 15) is 4.79 Å². The van der Waals surface area contributed by atoms with Crippen LogP contribution in [0.5, 0.6) is 5.75 Å². The number of hydrogen-bond donors (Lipinski definition) is 2. The molecule has 116 valence electrons. The fraction of sp³-hybridized carbons (Fsp3) is 0.562. The summed E-state index contributed by atoms with van der Waals surface area (Å²) in [5, 5.41) is 3.03. The summed E-state index contributed by atoms with van der Waals surface area (Å²) in [5.41, 5.74) is 6.98. The lowest BCUT2D eigenvalue weighted by Gasteiger charge is -2.38. The van der Waals surface area contributed by atoms with Crippen molar-refractivity contribution < 1.29 is 9.53 Å². The van der Waals surface area contributed by atoms with Gasteiger partial charge < -0.3 is 20.7 Å². The molecule has 1 aliphatic rings. The number of rotatable bonds is 4. The molecule has 1 aliphatic heterocycles. The molecule has 0 saturated carbocycles. The van der Waals surface area contributed by atoms with Crippen LogP contribution in [0, 0.1) is 5.41 Å². The Hall–Kier alpha value is -1.75. The number of nitrogens with zero attached hydrogens (tertiary/aromatic N) is 1. The summed E-state index contributed by atoms with van der Waals surface area (Å²) >= 11 is 0. The molecule has 3 N–H and O–H groups in total. The largest absolute Gasteiger partial charge is 0.496 e. The van der Waals surface area contributed by atoms with E-state index in [1.165, 1.54) is 0 Å². The average molecular weight is 291 g/mol. The lowest BCUT2D eigenvalue weighted by molar-refractivity contribution is 0.0889. The van der Waals surface area contributed by atoms with Crippen molar-refractivity contribution in [2.75, 3.05) is 39.5 Å². The lowest BCUT2D eigenvalue weighted by atomic mass is 9.80. The molecule has 0 aliphatic carbocycles. The number of hydrogen-bond acceptors (Lipinski definition) is 4. The van der Waals surface area contributed by atoms with Gasteiger partial charge in [-0.3, -0.25) is 4.79 Å². The molecule has 1 amide bonds. The van der Waals surface area contributed by atoms with Crippen LogP contribution in [0.15, 0.2) is 18.2 Å². The van der Waals surface area contributed by atoms with E-state index in [0.717, 1.165) is 25.9 Å². The summed E-state index contributed by atoms with van der Waals surface area (Å²) in [6.45, 7) is 5.07. The van der Waals surface area contributed by atoms with E-state index in [-0.39, 0.29) is 11.3 Å². The minimum Gasteiger partial charge on any atom is -0.496 e. The first-order valence-corrected chi connectivity index (χ1v) is 7.34. The van der Waals surface area contributed by atoms with Crippen molar-refractivity contribution in [3.8, 4) is 5.75 Å². The summed E-state index contributed by atoms with van der Waals surface area (Å²) < 4.78 is 5.23. The first-order chi connectivity index (χ1) is 9.93. The number of ether oxygens (including phenoxy) is 1. The van der Waals surface area contributed by atoms with Crippen LogP contribution in [0.1, 0.15) is 30.1 Å². The number of carbonyl (C=O) groups is 1. The number of likely N-dealkylation sites (tertiary alicyclic amines) is 1. The highest BCUT2D eigenvalue weighted by Gasteiger charge is 2.29. The molecule has 2 rings (SSSR count). The molecular weight excluding hydrogens is 266 g/mol. The summed E-state index contributed by atoms with van der Waals surface area (Å²) in [4.78, 5) is 14.7. The minimum absolute atomic E-state index is 0.126. The second-order valence-corrected chi connectivity index (χ2v) is 6.26. The second kappa shape index (κ2) is 6.35. The van der Waals surface area contributed by atoms with Crippen LogP contribution in [0.4, 0.5) is 5.69 Å². The average Bonchev–Trinajstić information content (AvgIpc) is 2.48. The number of carbonyl (C=O) groups excluding carboxylic acids is 1. The van der Waals surface area contributed by atoms with E-state index in [1.54, 1.807) is 25.3 Å². The van der Waals surface area contributed by atoms with E-state index < -0.39 is 0 Å². The van der Waals surface area contributed by atoms with Gasteiger partial charge in [-0.1, -0.05) is 6.92 Å². The number of nitrogens with two attached hydrogens (primary N) is 1. The molecule has 0 atom stereocenters. The predicted octanol–water partition coefficient (Wildman–Crippen LogP) is 1.74. The zero-order chi connectivity index (χ0) is 15.5. The van der Waals surface area contributed by atoms with Gasteiger partial charge in [0.15, 0.2) is 0 Å². The fourth-order valence-electron chi connectivity index (χ4n) is 2.63. The molecule has 1 saturated heterocycles. The van der Waals surface area contributed by atoms with Crippen LogP contribution >= 0.6 is 0 Å². The highest BCUT2D eigenvalue weighted by atomic mass is 16.5. The van der Waals surface area contributed by atoms with Gasteiger partial charge in [0.2, 0.25) is 0 Å². The third-order valence-corrected chi connectivity index (χ3v) is 4.34. The quantitative estimate of drug-likeness (QED) is 0.829. The number of nitrogens with one attached hydrogen (secondary N) is 1. The van der Waals surface area contributed by atoms with Crippen LogP contribution < -0.4 is 15.8 Å². The zero-order valence-electron chi connectivity index (χ0n) is 13.1. The summed E-state index contributed by atoms with van der Waals surface area (Å²) in [6, 6.07) is 5.11. The smallest absolute Gasteiger partial charge is 0.255 e. The van der Waals surface area contributed by atoms with Crippen molar-refractivity contribution in [2.45, 2.75) is 19.8 Å².